The van der Waals surface area contributed by atoms with Crippen LogP contribution >= 0.6 is 0 Å². The maximum Gasteiger partial charge on any atom is 0.411 e. The van der Waals surface area contributed by atoms with Crippen molar-refractivity contribution in [1.82, 2.24) is 5.32 Å². The van der Waals surface area contributed by atoms with Gasteiger partial charge in [-0.25, -0.2) is 4.79 Å². The van der Waals surface area contributed by atoms with Crippen molar-refractivity contribution in [3.8, 4) is 11.1 Å². The number of hydrogen-bond acceptors (Lipinski definition) is 5. The van der Waals surface area contributed by atoms with Crippen LogP contribution in [0, 0.1) is 5.92 Å². The zero-order valence-electron chi connectivity index (χ0n) is 18.8. The fourth-order valence-electron chi connectivity index (χ4n) is 4.65. The minimum atomic E-state index is -1.00. The predicted molar refractivity (Wildman–Crippen MR) is 128 cm³/mol. The first kappa shape index (κ1) is 22.6. The van der Waals surface area contributed by atoms with E-state index in [9.17, 15) is 19.5 Å². The van der Waals surface area contributed by atoms with Crippen LogP contribution in [0.3, 0.4) is 0 Å². The van der Waals surface area contributed by atoms with Crippen LogP contribution in [0.1, 0.15) is 27.4 Å². The summed E-state index contributed by atoms with van der Waals surface area (Å²) >= 11 is 0. The molecule has 0 bridgehead atoms. The van der Waals surface area contributed by atoms with Gasteiger partial charge in [-0.15, -0.1) is 0 Å². The lowest BCUT2D eigenvalue weighted by Crippen LogP contribution is -2.42. The summed E-state index contributed by atoms with van der Waals surface area (Å²) in [6.45, 7) is 0.432. The van der Waals surface area contributed by atoms with Crippen molar-refractivity contribution < 1.29 is 29.0 Å². The fraction of sp³-hybridized carbons (Fsp3) is 0.222. The summed E-state index contributed by atoms with van der Waals surface area (Å²) in [5.41, 5.74) is 5.41. The molecule has 1 aliphatic carbocycles. The maximum atomic E-state index is 12.5. The Morgan fingerprint density at radius 3 is 2.14 bits per heavy atom. The van der Waals surface area contributed by atoms with E-state index in [0.29, 0.717) is 11.3 Å². The SMILES string of the molecule is O=C(Nc1ccc(C(=O)NC2COCC2C(=O)O)cc1)OCC1c2ccccc2-c2ccccc21. The molecule has 1 fully saturated rings. The smallest absolute Gasteiger partial charge is 0.411 e. The van der Waals surface area contributed by atoms with Gasteiger partial charge in [0.2, 0.25) is 0 Å². The van der Waals surface area contributed by atoms with Crippen molar-refractivity contribution in [3.05, 3.63) is 89.5 Å². The summed E-state index contributed by atoms with van der Waals surface area (Å²) in [6, 6.07) is 22.0. The van der Waals surface area contributed by atoms with E-state index in [-0.39, 0.29) is 25.7 Å². The molecule has 35 heavy (non-hydrogen) atoms. The number of hydrogen-bond donors (Lipinski definition) is 3. The molecule has 3 N–H and O–H groups in total. The summed E-state index contributed by atoms with van der Waals surface area (Å²) in [7, 11) is 0. The molecule has 0 aromatic heterocycles. The third-order valence-corrected chi connectivity index (χ3v) is 6.45. The van der Waals surface area contributed by atoms with Crippen LogP contribution < -0.4 is 10.6 Å². The molecule has 5 rings (SSSR count). The summed E-state index contributed by atoms with van der Waals surface area (Å²) < 4.78 is 10.7. The van der Waals surface area contributed by atoms with Crippen molar-refractivity contribution in [2.45, 2.75) is 12.0 Å². The number of nitrogens with one attached hydrogen (secondary N) is 2. The number of carboxylic acids is 1. The lowest BCUT2D eigenvalue weighted by Gasteiger charge is -2.16. The van der Waals surface area contributed by atoms with E-state index in [0.717, 1.165) is 22.3 Å². The van der Waals surface area contributed by atoms with Crippen molar-refractivity contribution in [1.29, 1.82) is 0 Å². The Balaban J connectivity index is 1.18. The standard InChI is InChI=1S/C27H24N2O6/c30-25(29-24-15-34-13-23(24)26(31)32)16-9-11-17(12-10-16)28-27(33)35-14-22-20-7-3-1-5-18(20)19-6-2-4-8-21(19)22/h1-12,22-24H,13-15H2,(H,28,33)(H,29,30)(H,31,32). The summed E-state index contributed by atoms with van der Waals surface area (Å²) in [5.74, 6) is -2.21. The third kappa shape index (κ3) is 4.61. The van der Waals surface area contributed by atoms with Gasteiger partial charge >= 0.3 is 12.1 Å². The molecule has 3 aromatic carbocycles. The third-order valence-electron chi connectivity index (χ3n) is 6.45. The second-order valence-electron chi connectivity index (χ2n) is 8.59. The quantitative estimate of drug-likeness (QED) is 0.502. The van der Waals surface area contributed by atoms with Crippen LogP contribution in [0.2, 0.25) is 0 Å². The number of amides is 2. The van der Waals surface area contributed by atoms with Gasteiger partial charge in [0.25, 0.3) is 5.91 Å². The van der Waals surface area contributed by atoms with Crippen molar-refractivity contribution in [2.24, 2.45) is 5.92 Å². The normalized spacial score (nSPS) is 18.4. The molecule has 0 saturated carbocycles. The minimum Gasteiger partial charge on any atom is -0.481 e. The summed E-state index contributed by atoms with van der Waals surface area (Å²) in [4.78, 5) is 36.2. The second-order valence-corrected chi connectivity index (χ2v) is 8.59. The van der Waals surface area contributed by atoms with Crippen LogP contribution in [0.25, 0.3) is 11.1 Å². The zero-order chi connectivity index (χ0) is 24.4. The zero-order valence-corrected chi connectivity index (χ0v) is 18.8. The largest absolute Gasteiger partial charge is 0.481 e. The number of fused-ring (bicyclic) bond motifs is 3. The number of ether oxygens (including phenoxy) is 2. The first-order valence-corrected chi connectivity index (χ1v) is 11.3. The molecular weight excluding hydrogens is 448 g/mol. The van der Waals surface area contributed by atoms with Gasteiger partial charge in [-0.3, -0.25) is 14.9 Å². The molecule has 0 spiro atoms. The molecular formula is C27H24N2O6. The second kappa shape index (κ2) is 9.60. The lowest BCUT2D eigenvalue weighted by atomic mass is 9.98. The Morgan fingerprint density at radius 1 is 0.886 bits per heavy atom. The molecule has 1 heterocycles. The average molecular weight is 472 g/mol. The molecule has 2 atom stereocenters. The highest BCUT2D eigenvalue weighted by Gasteiger charge is 2.35. The molecule has 0 radical (unpaired) electrons. The number of carbonyl (C=O) groups is 3. The van der Waals surface area contributed by atoms with E-state index in [1.165, 1.54) is 0 Å². The number of carboxylic acid groups (broad SMARTS) is 1. The Bertz CT molecular complexity index is 1230. The molecule has 2 amide bonds. The van der Waals surface area contributed by atoms with Crippen molar-refractivity contribution in [3.63, 3.8) is 0 Å². The van der Waals surface area contributed by atoms with Gasteiger partial charge < -0.3 is 19.9 Å². The van der Waals surface area contributed by atoms with Crippen LogP contribution in [0.15, 0.2) is 72.8 Å². The molecule has 8 heteroatoms. The number of benzene rings is 3. The van der Waals surface area contributed by atoms with Gasteiger partial charge in [0.15, 0.2) is 0 Å². The first-order valence-electron chi connectivity index (χ1n) is 11.3. The van der Waals surface area contributed by atoms with Gasteiger partial charge in [-0.1, -0.05) is 48.5 Å². The molecule has 2 unspecified atom stereocenters. The highest BCUT2D eigenvalue weighted by molar-refractivity contribution is 5.95. The summed E-state index contributed by atoms with van der Waals surface area (Å²) in [5, 5.41) is 14.6. The van der Waals surface area contributed by atoms with E-state index in [1.54, 1.807) is 24.3 Å². The molecule has 2 aliphatic rings. The van der Waals surface area contributed by atoms with Gasteiger partial charge in [0, 0.05) is 17.2 Å². The number of carbonyl (C=O) groups excluding carboxylic acids is 2. The fourth-order valence-corrected chi connectivity index (χ4v) is 4.65. The molecule has 3 aromatic rings. The van der Waals surface area contributed by atoms with E-state index < -0.39 is 29.9 Å². The number of aliphatic carboxylic acids is 1. The molecule has 1 aliphatic heterocycles. The Hall–Kier alpha value is -4.17. The van der Waals surface area contributed by atoms with Gasteiger partial charge in [0.05, 0.1) is 19.3 Å². The van der Waals surface area contributed by atoms with E-state index in [4.69, 9.17) is 9.47 Å². The maximum absolute atomic E-state index is 12.5. The van der Waals surface area contributed by atoms with Gasteiger partial charge in [-0.05, 0) is 46.5 Å². The minimum absolute atomic E-state index is 0.0339. The van der Waals surface area contributed by atoms with Crippen LogP contribution in [0.4, 0.5) is 10.5 Å². The Labute approximate surface area is 201 Å². The van der Waals surface area contributed by atoms with Crippen LogP contribution in [0.5, 0.6) is 0 Å². The summed E-state index contributed by atoms with van der Waals surface area (Å²) in [6.07, 6.45) is -0.587. The van der Waals surface area contributed by atoms with Gasteiger partial charge in [0.1, 0.15) is 12.5 Å². The first-order chi connectivity index (χ1) is 17.0. The van der Waals surface area contributed by atoms with E-state index in [2.05, 4.69) is 34.9 Å². The topological polar surface area (TPSA) is 114 Å². The highest BCUT2D eigenvalue weighted by atomic mass is 16.5. The van der Waals surface area contributed by atoms with Crippen molar-refractivity contribution >= 4 is 23.7 Å². The Kier molecular flexibility index (Phi) is 6.20. The molecule has 8 nitrogen and oxygen atoms in total. The number of anilines is 1. The van der Waals surface area contributed by atoms with Gasteiger partial charge in [-0.2, -0.15) is 0 Å². The van der Waals surface area contributed by atoms with Crippen LogP contribution in [-0.2, 0) is 14.3 Å². The average Bonchev–Trinajstić information content (AvgIpc) is 3.46. The van der Waals surface area contributed by atoms with Crippen LogP contribution in [-0.4, -0.2) is 48.9 Å². The molecule has 178 valence electrons. The monoisotopic (exact) mass is 472 g/mol. The number of rotatable bonds is 6. The van der Waals surface area contributed by atoms with E-state index in [1.807, 2.05) is 24.3 Å². The van der Waals surface area contributed by atoms with E-state index >= 15 is 0 Å². The molecule has 1 saturated heterocycles. The van der Waals surface area contributed by atoms with Crippen molar-refractivity contribution in [2.75, 3.05) is 25.1 Å². The lowest BCUT2D eigenvalue weighted by molar-refractivity contribution is -0.142. The highest BCUT2D eigenvalue weighted by Crippen LogP contribution is 2.44. The predicted octanol–water partition coefficient (Wildman–Crippen LogP) is 3.88. The Morgan fingerprint density at radius 2 is 1.51 bits per heavy atom.